The fraction of sp³-hybridized carbons (Fsp3) is 0.562. The molecule has 0 atom stereocenters. The third-order valence-electron chi connectivity index (χ3n) is 4.23. The van der Waals surface area contributed by atoms with Gasteiger partial charge in [-0.3, -0.25) is 4.79 Å². The molecule has 1 aromatic rings. The zero-order valence-corrected chi connectivity index (χ0v) is 12.9. The van der Waals surface area contributed by atoms with Crippen LogP contribution in [0.3, 0.4) is 0 Å². The van der Waals surface area contributed by atoms with Crippen molar-refractivity contribution >= 4 is 5.91 Å². The Kier molecular flexibility index (Phi) is 5.62. The monoisotopic (exact) mass is 332 g/mol. The summed E-state index contributed by atoms with van der Waals surface area (Å²) >= 11 is 0. The van der Waals surface area contributed by atoms with Gasteiger partial charge in [0.2, 0.25) is 0 Å². The molecule has 1 N–H and O–H groups in total. The zero-order chi connectivity index (χ0) is 17.0. The van der Waals surface area contributed by atoms with Gasteiger partial charge in [-0.2, -0.15) is 13.2 Å². The van der Waals surface area contributed by atoms with Gasteiger partial charge >= 0.3 is 6.18 Å². The first-order valence-corrected chi connectivity index (χ1v) is 7.63. The van der Waals surface area contributed by atoms with Crippen LogP contribution in [0.15, 0.2) is 18.2 Å². The van der Waals surface area contributed by atoms with Crippen molar-refractivity contribution in [1.29, 1.82) is 0 Å². The number of piperidine rings is 1. The summed E-state index contributed by atoms with van der Waals surface area (Å²) in [5, 5.41) is 3.07. The summed E-state index contributed by atoms with van der Waals surface area (Å²) in [5.41, 5.74) is -1.51. The number of carbonyl (C=O) groups is 1. The van der Waals surface area contributed by atoms with E-state index in [0.717, 1.165) is 25.8 Å². The molecular formula is C16H20F4N2O. The third kappa shape index (κ3) is 4.43. The van der Waals surface area contributed by atoms with Crippen molar-refractivity contribution in [2.24, 2.45) is 5.92 Å². The lowest BCUT2D eigenvalue weighted by Crippen LogP contribution is -2.39. The maximum absolute atomic E-state index is 13.8. The van der Waals surface area contributed by atoms with Crippen LogP contribution in [0.5, 0.6) is 0 Å². The first kappa shape index (κ1) is 17.7. The lowest BCUT2D eigenvalue weighted by atomic mass is 9.93. The average Bonchev–Trinajstić information content (AvgIpc) is 2.52. The van der Waals surface area contributed by atoms with Gasteiger partial charge in [-0.15, -0.1) is 0 Å². The second-order valence-electron chi connectivity index (χ2n) is 5.82. The van der Waals surface area contributed by atoms with Crippen LogP contribution in [0.25, 0.3) is 0 Å². The largest absolute Gasteiger partial charge is 0.416 e. The van der Waals surface area contributed by atoms with Crippen LogP contribution < -0.4 is 5.32 Å². The van der Waals surface area contributed by atoms with Gasteiger partial charge in [-0.25, -0.2) is 4.39 Å². The van der Waals surface area contributed by atoms with E-state index in [0.29, 0.717) is 37.2 Å². The predicted molar refractivity (Wildman–Crippen MR) is 78.6 cm³/mol. The van der Waals surface area contributed by atoms with Crippen molar-refractivity contribution in [3.05, 3.63) is 35.1 Å². The van der Waals surface area contributed by atoms with Gasteiger partial charge in [-0.05, 0) is 57.0 Å². The quantitative estimate of drug-likeness (QED) is 0.858. The van der Waals surface area contributed by atoms with E-state index >= 15 is 0 Å². The smallest absolute Gasteiger partial charge is 0.339 e. The maximum Gasteiger partial charge on any atom is 0.416 e. The van der Waals surface area contributed by atoms with Crippen molar-refractivity contribution in [3.8, 4) is 0 Å². The number of likely N-dealkylation sites (tertiary alicyclic amines) is 1. The highest BCUT2D eigenvalue weighted by Gasteiger charge is 2.33. The molecule has 1 aliphatic heterocycles. The Morgan fingerprint density at radius 3 is 2.52 bits per heavy atom. The van der Waals surface area contributed by atoms with Gasteiger partial charge in [0.25, 0.3) is 5.91 Å². The Hall–Kier alpha value is -1.63. The topological polar surface area (TPSA) is 32.3 Å². The van der Waals surface area contributed by atoms with E-state index in [1.54, 1.807) is 0 Å². The van der Waals surface area contributed by atoms with Gasteiger partial charge in [0, 0.05) is 13.1 Å². The molecule has 1 amide bonds. The minimum absolute atomic E-state index is 0.447. The Morgan fingerprint density at radius 2 is 1.96 bits per heavy atom. The van der Waals surface area contributed by atoms with Crippen LogP contribution in [0.2, 0.25) is 0 Å². The molecule has 0 aliphatic carbocycles. The van der Waals surface area contributed by atoms with Crippen LogP contribution in [-0.4, -0.2) is 37.5 Å². The highest BCUT2D eigenvalue weighted by atomic mass is 19.4. The van der Waals surface area contributed by atoms with Gasteiger partial charge in [0.15, 0.2) is 0 Å². The van der Waals surface area contributed by atoms with Gasteiger partial charge in [0.1, 0.15) is 5.82 Å². The number of nitrogens with one attached hydrogen (secondary N) is 1. The number of carbonyl (C=O) groups excluding carboxylic acids is 1. The van der Waals surface area contributed by atoms with E-state index in [1.165, 1.54) is 4.90 Å². The van der Waals surface area contributed by atoms with E-state index in [4.69, 9.17) is 0 Å². The summed E-state index contributed by atoms with van der Waals surface area (Å²) in [6.45, 7) is 1.78. The average molecular weight is 332 g/mol. The number of hydrogen-bond acceptors (Lipinski definition) is 2. The highest BCUT2D eigenvalue weighted by molar-refractivity contribution is 5.94. The number of alkyl halides is 3. The van der Waals surface area contributed by atoms with Crippen LogP contribution in [-0.2, 0) is 6.18 Å². The summed E-state index contributed by atoms with van der Waals surface area (Å²) in [6.07, 6.45) is -2.03. The molecule has 0 spiro atoms. The van der Waals surface area contributed by atoms with E-state index < -0.39 is 29.0 Å². The van der Waals surface area contributed by atoms with E-state index in [1.807, 2.05) is 7.05 Å². The van der Waals surface area contributed by atoms with Crippen molar-refractivity contribution in [2.75, 3.05) is 26.7 Å². The summed E-state index contributed by atoms with van der Waals surface area (Å²) in [7, 11) is 1.87. The molecule has 1 saturated heterocycles. The molecule has 0 aromatic heterocycles. The normalized spacial score (nSPS) is 16.7. The summed E-state index contributed by atoms with van der Waals surface area (Å²) in [5.74, 6) is -1.10. The molecule has 1 aromatic carbocycles. The molecule has 0 saturated carbocycles. The Morgan fingerprint density at radius 1 is 1.30 bits per heavy atom. The number of halogens is 4. The lowest BCUT2D eigenvalue weighted by molar-refractivity contribution is -0.137. The summed E-state index contributed by atoms with van der Waals surface area (Å²) in [6, 6.07) is 1.95. The second kappa shape index (κ2) is 7.29. The van der Waals surface area contributed by atoms with Crippen LogP contribution in [0.1, 0.15) is 35.2 Å². The Balaban J connectivity index is 2.07. The molecule has 3 nitrogen and oxygen atoms in total. The fourth-order valence-electron chi connectivity index (χ4n) is 2.81. The van der Waals surface area contributed by atoms with Crippen molar-refractivity contribution in [1.82, 2.24) is 10.2 Å². The Bertz CT molecular complexity index is 552. The number of amides is 1. The molecule has 0 radical (unpaired) electrons. The molecule has 1 aliphatic rings. The molecule has 1 fully saturated rings. The Labute approximate surface area is 132 Å². The third-order valence-corrected chi connectivity index (χ3v) is 4.23. The lowest BCUT2D eigenvalue weighted by Gasteiger charge is -2.32. The van der Waals surface area contributed by atoms with Gasteiger partial charge < -0.3 is 10.2 Å². The first-order valence-electron chi connectivity index (χ1n) is 7.63. The SMILES string of the molecule is CNCCC1CCN(C(=O)c2cc(C(F)(F)F)ccc2F)CC1. The number of hydrogen-bond donors (Lipinski definition) is 1. The molecule has 128 valence electrons. The minimum Gasteiger partial charge on any atom is -0.339 e. The zero-order valence-electron chi connectivity index (χ0n) is 12.9. The molecular weight excluding hydrogens is 312 g/mol. The van der Waals surface area contributed by atoms with Crippen LogP contribution in [0, 0.1) is 11.7 Å². The molecule has 0 bridgehead atoms. The van der Waals surface area contributed by atoms with E-state index in [-0.39, 0.29) is 0 Å². The molecule has 7 heteroatoms. The van der Waals surface area contributed by atoms with Crippen molar-refractivity contribution < 1.29 is 22.4 Å². The van der Waals surface area contributed by atoms with Gasteiger partial charge in [-0.1, -0.05) is 0 Å². The second-order valence-corrected chi connectivity index (χ2v) is 5.82. The van der Waals surface area contributed by atoms with Crippen molar-refractivity contribution in [2.45, 2.75) is 25.4 Å². The highest BCUT2D eigenvalue weighted by Crippen LogP contribution is 2.31. The molecule has 2 rings (SSSR count). The fourth-order valence-corrected chi connectivity index (χ4v) is 2.81. The maximum atomic E-state index is 13.8. The summed E-state index contributed by atoms with van der Waals surface area (Å²) < 4.78 is 51.9. The van der Waals surface area contributed by atoms with E-state index in [2.05, 4.69) is 5.32 Å². The summed E-state index contributed by atoms with van der Waals surface area (Å²) in [4.78, 5) is 13.8. The molecule has 0 unspecified atom stereocenters. The molecule has 1 heterocycles. The van der Waals surface area contributed by atoms with Crippen LogP contribution >= 0.6 is 0 Å². The van der Waals surface area contributed by atoms with E-state index in [9.17, 15) is 22.4 Å². The molecule has 23 heavy (non-hydrogen) atoms. The number of benzene rings is 1. The number of nitrogens with zero attached hydrogens (tertiary/aromatic N) is 1. The predicted octanol–water partition coefficient (Wildman–Crippen LogP) is 3.31. The minimum atomic E-state index is -4.59. The standard InChI is InChI=1S/C16H20F4N2O/c1-21-7-4-11-5-8-22(9-6-11)15(23)13-10-12(16(18,19)20)2-3-14(13)17/h2-3,10-11,21H,4-9H2,1H3. The first-order chi connectivity index (χ1) is 10.8. The number of rotatable bonds is 4. The van der Waals surface area contributed by atoms with Gasteiger partial charge in [0.05, 0.1) is 11.1 Å². The van der Waals surface area contributed by atoms with Crippen molar-refractivity contribution in [3.63, 3.8) is 0 Å². The van der Waals surface area contributed by atoms with Crippen LogP contribution in [0.4, 0.5) is 17.6 Å².